The number of nitrogens with zero attached hydrogens (tertiary/aromatic N) is 2. The van der Waals surface area contributed by atoms with Crippen molar-refractivity contribution < 1.29 is 14.3 Å². The van der Waals surface area contributed by atoms with Gasteiger partial charge in [0.05, 0.1) is 25.0 Å². The van der Waals surface area contributed by atoms with Crippen LogP contribution in [0.2, 0.25) is 0 Å². The molecule has 1 aromatic carbocycles. The number of carbonyl (C=O) groups excluding carboxylic acids is 1. The third-order valence-corrected chi connectivity index (χ3v) is 4.15. The molecule has 120 valence electrons. The van der Waals surface area contributed by atoms with Gasteiger partial charge in [0.25, 0.3) is 0 Å². The van der Waals surface area contributed by atoms with Gasteiger partial charge in [0.2, 0.25) is 0 Å². The number of alkyl halides is 1. The molecule has 0 saturated carbocycles. The predicted octanol–water partition coefficient (Wildman–Crippen LogP) is 2.41. The van der Waals surface area contributed by atoms with Gasteiger partial charge in [0.15, 0.2) is 5.67 Å². The van der Waals surface area contributed by atoms with E-state index >= 15 is 4.39 Å². The van der Waals surface area contributed by atoms with Crippen LogP contribution in [-0.2, 0) is 0 Å². The maximum Gasteiger partial charge on any atom is 0.322 e. The second-order valence-electron chi connectivity index (χ2n) is 5.71. The SMILES string of the molecule is O=C(Nc1cccnc1)N1C[C@@H](c2ccccc2)[C@](F)(CO)C1. The van der Waals surface area contributed by atoms with Crippen LogP contribution in [0.15, 0.2) is 54.9 Å². The molecule has 6 heteroatoms. The molecule has 0 unspecified atom stereocenters. The number of halogens is 1. The Labute approximate surface area is 133 Å². The zero-order chi connectivity index (χ0) is 16.3. The van der Waals surface area contributed by atoms with Gasteiger partial charge in [-0.3, -0.25) is 4.98 Å². The summed E-state index contributed by atoms with van der Waals surface area (Å²) < 4.78 is 15.1. The van der Waals surface area contributed by atoms with Crippen LogP contribution in [0.4, 0.5) is 14.9 Å². The van der Waals surface area contributed by atoms with E-state index in [1.807, 2.05) is 30.3 Å². The molecule has 1 saturated heterocycles. The van der Waals surface area contributed by atoms with Crippen LogP contribution in [0.25, 0.3) is 0 Å². The number of aliphatic hydroxyl groups excluding tert-OH is 1. The van der Waals surface area contributed by atoms with Crippen molar-refractivity contribution in [2.45, 2.75) is 11.6 Å². The quantitative estimate of drug-likeness (QED) is 0.914. The summed E-state index contributed by atoms with van der Waals surface area (Å²) in [5, 5.41) is 12.2. The number of rotatable bonds is 3. The second kappa shape index (κ2) is 6.34. The molecule has 0 radical (unpaired) electrons. The third kappa shape index (κ3) is 3.17. The monoisotopic (exact) mass is 315 g/mol. The Morgan fingerprint density at radius 3 is 2.78 bits per heavy atom. The highest BCUT2D eigenvalue weighted by atomic mass is 19.1. The minimum absolute atomic E-state index is 0.144. The number of aromatic nitrogens is 1. The van der Waals surface area contributed by atoms with Gasteiger partial charge in [-0.05, 0) is 17.7 Å². The maximum atomic E-state index is 15.1. The molecule has 3 rings (SSSR count). The van der Waals surface area contributed by atoms with Crippen molar-refractivity contribution in [1.29, 1.82) is 0 Å². The largest absolute Gasteiger partial charge is 0.393 e. The van der Waals surface area contributed by atoms with Crippen molar-refractivity contribution in [3.63, 3.8) is 0 Å². The van der Waals surface area contributed by atoms with Gasteiger partial charge >= 0.3 is 6.03 Å². The lowest BCUT2D eigenvalue weighted by Crippen LogP contribution is -2.38. The number of carbonyl (C=O) groups is 1. The first-order valence-electron chi connectivity index (χ1n) is 7.43. The lowest BCUT2D eigenvalue weighted by atomic mass is 9.87. The average Bonchev–Trinajstić information content (AvgIpc) is 2.95. The van der Waals surface area contributed by atoms with E-state index < -0.39 is 24.2 Å². The number of anilines is 1. The standard InChI is InChI=1S/C17H18FN3O2/c18-17(12-22)11-21(10-15(17)13-5-2-1-3-6-13)16(23)20-14-7-4-8-19-9-14/h1-9,15,22H,10-12H2,(H,20,23)/t15-,17+/m0/s1. The summed E-state index contributed by atoms with van der Waals surface area (Å²) in [5.74, 6) is -0.548. The molecule has 0 aliphatic carbocycles. The number of pyridine rings is 1. The molecule has 2 atom stereocenters. The Morgan fingerprint density at radius 1 is 1.35 bits per heavy atom. The van der Waals surface area contributed by atoms with Crippen LogP contribution in [0.5, 0.6) is 0 Å². The van der Waals surface area contributed by atoms with E-state index in [4.69, 9.17) is 0 Å². The smallest absolute Gasteiger partial charge is 0.322 e. The fraction of sp³-hybridized carbons (Fsp3) is 0.294. The molecule has 5 nitrogen and oxygen atoms in total. The molecule has 2 heterocycles. The number of nitrogens with one attached hydrogen (secondary N) is 1. The third-order valence-electron chi connectivity index (χ3n) is 4.15. The maximum absolute atomic E-state index is 15.1. The van der Waals surface area contributed by atoms with E-state index in [0.29, 0.717) is 5.69 Å². The number of aliphatic hydroxyl groups is 1. The van der Waals surface area contributed by atoms with Crippen molar-refractivity contribution in [3.8, 4) is 0 Å². The first-order chi connectivity index (χ1) is 11.1. The fourth-order valence-electron chi connectivity index (χ4n) is 2.92. The lowest BCUT2D eigenvalue weighted by Gasteiger charge is -2.23. The normalized spacial score (nSPS) is 23.7. The van der Waals surface area contributed by atoms with Crippen molar-refractivity contribution in [2.24, 2.45) is 0 Å². The van der Waals surface area contributed by atoms with Crippen molar-refractivity contribution in [1.82, 2.24) is 9.88 Å². The van der Waals surface area contributed by atoms with Crippen LogP contribution in [-0.4, -0.2) is 46.4 Å². The summed E-state index contributed by atoms with van der Waals surface area (Å²) in [5.41, 5.74) is -0.511. The lowest BCUT2D eigenvalue weighted by molar-refractivity contribution is 0.0680. The van der Waals surface area contributed by atoms with Crippen molar-refractivity contribution in [2.75, 3.05) is 25.0 Å². The molecule has 2 aromatic rings. The zero-order valence-electron chi connectivity index (χ0n) is 12.5. The van der Waals surface area contributed by atoms with Crippen molar-refractivity contribution >= 4 is 11.7 Å². The molecule has 1 fully saturated rings. The molecule has 2 N–H and O–H groups in total. The summed E-state index contributed by atoms with van der Waals surface area (Å²) in [6.07, 6.45) is 3.13. The van der Waals surface area contributed by atoms with E-state index in [1.165, 1.54) is 11.1 Å². The molecule has 23 heavy (non-hydrogen) atoms. The van der Waals surface area contributed by atoms with Crippen LogP contribution in [0.3, 0.4) is 0 Å². The molecule has 1 aliphatic heterocycles. The van der Waals surface area contributed by atoms with E-state index in [0.717, 1.165) is 5.56 Å². The number of hydrogen-bond acceptors (Lipinski definition) is 3. The van der Waals surface area contributed by atoms with Crippen LogP contribution in [0, 0.1) is 0 Å². The van der Waals surface area contributed by atoms with Crippen LogP contribution in [0.1, 0.15) is 11.5 Å². The van der Waals surface area contributed by atoms with Gasteiger partial charge in [0.1, 0.15) is 0 Å². The summed E-state index contributed by atoms with van der Waals surface area (Å²) >= 11 is 0. The highest BCUT2D eigenvalue weighted by Crippen LogP contribution is 2.39. The summed E-state index contributed by atoms with van der Waals surface area (Å²) in [7, 11) is 0. The van der Waals surface area contributed by atoms with Crippen molar-refractivity contribution in [3.05, 3.63) is 60.4 Å². The molecule has 2 amide bonds. The van der Waals surface area contributed by atoms with E-state index in [1.54, 1.807) is 18.3 Å². The number of hydrogen-bond donors (Lipinski definition) is 2. The Bertz CT molecular complexity index is 668. The highest BCUT2D eigenvalue weighted by molar-refractivity contribution is 5.89. The summed E-state index contributed by atoms with van der Waals surface area (Å²) in [6.45, 7) is -0.550. The second-order valence-corrected chi connectivity index (χ2v) is 5.71. The number of amides is 2. The average molecular weight is 315 g/mol. The molecule has 1 aromatic heterocycles. The summed E-state index contributed by atoms with van der Waals surface area (Å²) in [4.78, 5) is 17.6. The van der Waals surface area contributed by atoms with Gasteiger partial charge in [-0.2, -0.15) is 0 Å². The Kier molecular flexibility index (Phi) is 4.25. The topological polar surface area (TPSA) is 65.5 Å². The minimum Gasteiger partial charge on any atom is -0.393 e. The number of urea groups is 1. The number of benzene rings is 1. The molecule has 0 spiro atoms. The number of likely N-dealkylation sites (tertiary alicyclic amines) is 1. The molecular formula is C17H18FN3O2. The van der Waals surface area contributed by atoms with Crippen LogP contribution >= 0.6 is 0 Å². The highest BCUT2D eigenvalue weighted by Gasteiger charge is 2.49. The van der Waals surface area contributed by atoms with Gasteiger partial charge in [-0.15, -0.1) is 0 Å². The molecule has 0 bridgehead atoms. The Balaban J connectivity index is 1.77. The van der Waals surface area contributed by atoms with Gasteiger partial charge in [-0.1, -0.05) is 30.3 Å². The first-order valence-corrected chi connectivity index (χ1v) is 7.43. The van der Waals surface area contributed by atoms with E-state index in [9.17, 15) is 9.90 Å². The predicted molar refractivity (Wildman–Crippen MR) is 84.9 cm³/mol. The van der Waals surface area contributed by atoms with Crippen LogP contribution < -0.4 is 5.32 Å². The summed E-state index contributed by atoms with van der Waals surface area (Å²) in [6, 6.07) is 12.2. The van der Waals surface area contributed by atoms with E-state index in [-0.39, 0.29) is 13.1 Å². The van der Waals surface area contributed by atoms with Gasteiger partial charge in [-0.25, -0.2) is 9.18 Å². The van der Waals surface area contributed by atoms with Gasteiger partial charge in [0, 0.05) is 18.7 Å². The van der Waals surface area contributed by atoms with E-state index in [2.05, 4.69) is 10.3 Å². The first kappa shape index (κ1) is 15.4. The molecule has 1 aliphatic rings. The Hall–Kier alpha value is -2.47. The minimum atomic E-state index is -1.84. The van der Waals surface area contributed by atoms with Gasteiger partial charge < -0.3 is 15.3 Å². The Morgan fingerprint density at radius 2 is 2.13 bits per heavy atom. The molecular weight excluding hydrogens is 297 g/mol. The fourth-order valence-corrected chi connectivity index (χ4v) is 2.92. The zero-order valence-corrected chi connectivity index (χ0v) is 12.5.